The summed E-state index contributed by atoms with van der Waals surface area (Å²) in [5.74, 6) is -3.49. The second kappa shape index (κ2) is 9.19. The van der Waals surface area contributed by atoms with Crippen LogP contribution in [0.4, 0.5) is 33.3 Å². The Balaban J connectivity index is 2.37. The number of nitrogens with one attached hydrogen (secondary N) is 2. The number of carbonyl (C=O) groups excluding carboxylic acids is 1. The maximum Gasteiger partial charge on any atom is 0.434 e. The normalized spacial score (nSPS) is 16.1. The van der Waals surface area contributed by atoms with Crippen LogP contribution in [0.1, 0.15) is 40.0 Å². The molecule has 1 aromatic carbocycles. The van der Waals surface area contributed by atoms with E-state index in [9.17, 15) is 26.7 Å². The summed E-state index contributed by atoms with van der Waals surface area (Å²) in [7, 11) is 0. The van der Waals surface area contributed by atoms with Crippen molar-refractivity contribution < 1.29 is 26.7 Å². The van der Waals surface area contributed by atoms with Gasteiger partial charge in [0, 0.05) is 24.4 Å². The van der Waals surface area contributed by atoms with E-state index < -0.39 is 35.0 Å². The van der Waals surface area contributed by atoms with Gasteiger partial charge in [-0.1, -0.05) is 18.6 Å². The minimum Gasteiger partial charge on any atom is -0.381 e. The lowest BCUT2D eigenvalue weighted by Crippen LogP contribution is -2.31. The van der Waals surface area contributed by atoms with Crippen LogP contribution in [-0.4, -0.2) is 23.8 Å². The molecular weight excluding hydrogens is 393 g/mol. The largest absolute Gasteiger partial charge is 0.434 e. The molecular formula is C20H22F5N3O. The summed E-state index contributed by atoms with van der Waals surface area (Å²) in [5.41, 5.74) is -1.55. The van der Waals surface area contributed by atoms with Gasteiger partial charge in [0.05, 0.1) is 16.9 Å². The highest BCUT2D eigenvalue weighted by Gasteiger charge is 2.40. The van der Waals surface area contributed by atoms with Gasteiger partial charge in [-0.25, -0.2) is 8.78 Å². The Morgan fingerprint density at radius 2 is 1.79 bits per heavy atom. The van der Waals surface area contributed by atoms with Crippen LogP contribution in [0, 0.1) is 11.6 Å². The Kier molecular flexibility index (Phi) is 7.16. The summed E-state index contributed by atoms with van der Waals surface area (Å²) in [5, 5.41) is 5.16. The number of aliphatic imine (C=N–C) groups is 1. The molecule has 2 rings (SSSR count). The molecule has 1 fully saturated rings. The van der Waals surface area contributed by atoms with Crippen LogP contribution in [0.2, 0.25) is 0 Å². The smallest absolute Gasteiger partial charge is 0.381 e. The molecule has 1 aliphatic rings. The Labute approximate surface area is 165 Å². The highest BCUT2D eigenvalue weighted by molar-refractivity contribution is 6.27. The van der Waals surface area contributed by atoms with Crippen molar-refractivity contribution >= 4 is 23.0 Å². The fourth-order valence-electron chi connectivity index (χ4n) is 2.34. The van der Waals surface area contributed by atoms with Gasteiger partial charge >= 0.3 is 6.18 Å². The Hall–Kier alpha value is -2.71. The number of halogens is 5. The molecule has 9 heteroatoms. The van der Waals surface area contributed by atoms with E-state index in [1.165, 1.54) is 6.92 Å². The zero-order valence-corrected chi connectivity index (χ0v) is 16.3. The van der Waals surface area contributed by atoms with Crippen molar-refractivity contribution in [2.24, 2.45) is 4.99 Å². The van der Waals surface area contributed by atoms with E-state index in [-0.39, 0.29) is 17.4 Å². The van der Waals surface area contributed by atoms with Crippen LogP contribution in [0.25, 0.3) is 0 Å². The molecule has 0 atom stereocenters. The van der Waals surface area contributed by atoms with E-state index in [1.54, 1.807) is 13.8 Å². The Bertz CT molecular complexity index is 868. The van der Waals surface area contributed by atoms with Crippen LogP contribution >= 0.6 is 0 Å². The molecule has 1 saturated carbocycles. The lowest BCUT2D eigenvalue weighted by atomic mass is 10.1. The van der Waals surface area contributed by atoms with Crippen molar-refractivity contribution in [1.82, 2.24) is 0 Å². The monoisotopic (exact) mass is 415 g/mol. The summed E-state index contributed by atoms with van der Waals surface area (Å²) in [6.07, 6.45) is -0.716. The number of alkyl halides is 3. The molecule has 1 amide bonds. The number of carbonyl (C=O) groups is 1. The Morgan fingerprint density at radius 3 is 2.28 bits per heavy atom. The van der Waals surface area contributed by atoms with E-state index in [1.807, 2.05) is 0 Å². The number of benzene rings is 1. The van der Waals surface area contributed by atoms with Crippen molar-refractivity contribution in [3.8, 4) is 0 Å². The summed E-state index contributed by atoms with van der Waals surface area (Å²) in [6, 6.07) is 1.65. The first kappa shape index (κ1) is 22.6. The highest BCUT2D eigenvalue weighted by atomic mass is 19.4. The third-order valence-corrected chi connectivity index (χ3v) is 4.27. The Morgan fingerprint density at radius 1 is 1.21 bits per heavy atom. The second-order valence-electron chi connectivity index (χ2n) is 6.69. The third-order valence-electron chi connectivity index (χ3n) is 4.27. The molecule has 0 aromatic heterocycles. The summed E-state index contributed by atoms with van der Waals surface area (Å²) in [4.78, 5) is 16.0. The number of rotatable bonds is 7. The van der Waals surface area contributed by atoms with E-state index >= 15 is 0 Å². The lowest BCUT2D eigenvalue weighted by molar-refractivity contribution is -0.113. The number of allylic oxidation sites excluding steroid dienone is 2. The van der Waals surface area contributed by atoms with Crippen molar-refractivity contribution in [3.63, 3.8) is 0 Å². The molecule has 1 aromatic rings. The second-order valence-corrected chi connectivity index (χ2v) is 6.69. The minimum absolute atomic E-state index is 0.0474. The van der Waals surface area contributed by atoms with Gasteiger partial charge in [0.25, 0.3) is 5.91 Å². The van der Waals surface area contributed by atoms with Gasteiger partial charge in [0.15, 0.2) is 17.3 Å². The van der Waals surface area contributed by atoms with E-state index in [0.717, 1.165) is 37.3 Å². The maximum atomic E-state index is 13.7. The molecule has 0 aliphatic heterocycles. The zero-order valence-electron chi connectivity index (χ0n) is 16.3. The standard InChI is InChI=1S/C20H22F5N3O/c1-4-11(3)10-26-18(20(23,24)25)13(5-2)19(29)28-17-9-15(22)14(21)8-16(17)27-12-6-7-12/h5,8-10,12,27H,4,6-7H2,1-3H3,(H,28,29)/b11-10+,13-5+,26-18-. The first-order valence-electron chi connectivity index (χ1n) is 9.11. The first-order chi connectivity index (χ1) is 13.6. The number of hydrogen-bond acceptors (Lipinski definition) is 3. The molecule has 29 heavy (non-hydrogen) atoms. The van der Waals surface area contributed by atoms with Crippen molar-refractivity contribution in [2.45, 2.75) is 52.3 Å². The highest BCUT2D eigenvalue weighted by Crippen LogP contribution is 2.32. The number of anilines is 2. The number of nitrogens with zero attached hydrogens (tertiary/aromatic N) is 1. The molecule has 0 spiro atoms. The molecule has 0 unspecified atom stereocenters. The summed E-state index contributed by atoms with van der Waals surface area (Å²) < 4.78 is 67.7. The quantitative estimate of drug-likeness (QED) is 0.339. The molecule has 0 bridgehead atoms. The molecule has 0 heterocycles. The van der Waals surface area contributed by atoms with Gasteiger partial charge in [-0.2, -0.15) is 13.2 Å². The summed E-state index contributed by atoms with van der Waals surface area (Å²) in [6.45, 7) is 4.64. The van der Waals surface area contributed by atoms with Crippen LogP contribution in [0.3, 0.4) is 0 Å². The molecule has 158 valence electrons. The van der Waals surface area contributed by atoms with Crippen molar-refractivity contribution in [1.29, 1.82) is 0 Å². The predicted molar refractivity (Wildman–Crippen MR) is 103 cm³/mol. The van der Waals surface area contributed by atoms with Gasteiger partial charge in [0.1, 0.15) is 0 Å². The SMILES string of the molecule is C\C=C(C(=O)Nc1cc(F)c(F)cc1NC1CC1)/C(=N/C=C(\C)CC)C(F)(F)F. The average Bonchev–Trinajstić information content (AvgIpc) is 3.45. The predicted octanol–water partition coefficient (Wildman–Crippen LogP) is 5.74. The first-order valence-corrected chi connectivity index (χ1v) is 9.11. The van der Waals surface area contributed by atoms with E-state index in [2.05, 4.69) is 15.6 Å². The molecule has 0 saturated heterocycles. The lowest BCUT2D eigenvalue weighted by Gasteiger charge is -2.16. The van der Waals surface area contributed by atoms with Crippen molar-refractivity contribution in [2.75, 3.05) is 10.6 Å². The molecule has 1 aliphatic carbocycles. The average molecular weight is 415 g/mol. The number of amides is 1. The van der Waals surface area contributed by atoms with Crippen LogP contribution in [0.15, 0.2) is 40.5 Å². The third kappa shape index (κ3) is 6.13. The van der Waals surface area contributed by atoms with Gasteiger partial charge < -0.3 is 10.6 Å². The van der Waals surface area contributed by atoms with Crippen LogP contribution < -0.4 is 10.6 Å². The molecule has 0 radical (unpaired) electrons. The van der Waals surface area contributed by atoms with Gasteiger partial charge in [0.2, 0.25) is 0 Å². The minimum atomic E-state index is -4.88. The van der Waals surface area contributed by atoms with Crippen LogP contribution in [-0.2, 0) is 4.79 Å². The topological polar surface area (TPSA) is 53.5 Å². The van der Waals surface area contributed by atoms with Crippen molar-refractivity contribution in [3.05, 3.63) is 47.2 Å². The fraction of sp³-hybridized carbons (Fsp3) is 0.400. The van der Waals surface area contributed by atoms with Gasteiger partial charge in [-0.05, 0) is 33.1 Å². The molecule has 4 nitrogen and oxygen atoms in total. The molecule has 2 N–H and O–H groups in total. The zero-order chi connectivity index (χ0) is 21.8. The van der Waals surface area contributed by atoms with Gasteiger partial charge in [-0.3, -0.25) is 9.79 Å². The van der Waals surface area contributed by atoms with Crippen LogP contribution in [0.5, 0.6) is 0 Å². The van der Waals surface area contributed by atoms with Gasteiger partial charge in [-0.15, -0.1) is 0 Å². The van der Waals surface area contributed by atoms with E-state index in [0.29, 0.717) is 12.0 Å². The summed E-state index contributed by atoms with van der Waals surface area (Å²) >= 11 is 0. The van der Waals surface area contributed by atoms with E-state index in [4.69, 9.17) is 0 Å². The fourth-order valence-corrected chi connectivity index (χ4v) is 2.34. The number of hydrogen-bond donors (Lipinski definition) is 2. The maximum absolute atomic E-state index is 13.7.